The van der Waals surface area contributed by atoms with Crippen LogP contribution in [-0.2, 0) is 0 Å². The monoisotopic (exact) mass is 347 g/mol. The molecule has 1 aliphatic carbocycles. The molecule has 2 N–H and O–H groups in total. The van der Waals surface area contributed by atoms with E-state index in [-0.39, 0.29) is 0 Å². The number of hydrogen-bond acceptors (Lipinski definition) is 4. The van der Waals surface area contributed by atoms with Crippen molar-refractivity contribution in [2.45, 2.75) is 58.9 Å². The number of thiocarbonyl (C=S) groups is 1. The van der Waals surface area contributed by atoms with E-state index in [9.17, 15) is 0 Å². The average molecular weight is 348 g/mol. The van der Waals surface area contributed by atoms with E-state index < -0.39 is 0 Å². The molecule has 2 heterocycles. The van der Waals surface area contributed by atoms with Gasteiger partial charge in [-0.3, -0.25) is 0 Å². The third-order valence-electron chi connectivity index (χ3n) is 4.95. The Labute approximate surface area is 150 Å². The van der Waals surface area contributed by atoms with E-state index in [2.05, 4.69) is 40.4 Å². The highest BCUT2D eigenvalue weighted by atomic mass is 32.1. The molecule has 0 aromatic carbocycles. The van der Waals surface area contributed by atoms with Gasteiger partial charge in [-0.05, 0) is 50.2 Å². The minimum absolute atomic E-state index is 0.498. The fourth-order valence-electron chi connectivity index (χ4n) is 4.01. The first-order chi connectivity index (χ1) is 11.5. The van der Waals surface area contributed by atoms with Crippen LogP contribution in [-0.4, -0.2) is 34.2 Å². The summed E-state index contributed by atoms with van der Waals surface area (Å²) in [4.78, 5) is 11.6. The molecule has 2 aliphatic rings. The zero-order chi connectivity index (χ0) is 17.1. The second-order valence-corrected chi connectivity index (χ2v) is 8.03. The molecule has 2 atom stereocenters. The van der Waals surface area contributed by atoms with Crippen molar-refractivity contribution >= 4 is 29.1 Å². The minimum atomic E-state index is 0.498. The maximum Gasteiger partial charge on any atom is 0.231 e. The summed E-state index contributed by atoms with van der Waals surface area (Å²) in [5.41, 5.74) is 0.969. The van der Waals surface area contributed by atoms with Crippen LogP contribution in [0.1, 0.15) is 51.6 Å². The highest BCUT2D eigenvalue weighted by molar-refractivity contribution is 7.80. The smallest absolute Gasteiger partial charge is 0.231 e. The molecule has 1 aromatic rings. The lowest BCUT2D eigenvalue weighted by Crippen LogP contribution is -2.39. The summed E-state index contributed by atoms with van der Waals surface area (Å²) in [5, 5.41) is 7.21. The van der Waals surface area contributed by atoms with Crippen LogP contribution < -0.4 is 15.5 Å². The lowest BCUT2D eigenvalue weighted by Gasteiger charge is -2.36. The van der Waals surface area contributed by atoms with Crippen LogP contribution in [0.4, 0.5) is 11.8 Å². The van der Waals surface area contributed by atoms with Gasteiger partial charge in [0.25, 0.3) is 0 Å². The summed E-state index contributed by atoms with van der Waals surface area (Å²) < 4.78 is 0. The number of rotatable bonds is 3. The SMILES string of the molecule is Cc1cc(N2C[C@H](C)C[C@@H](C)C2)nc(NC(=S)NC2CCCC2)n1. The molecule has 6 heteroatoms. The van der Waals surface area contributed by atoms with Gasteiger partial charge in [0, 0.05) is 30.9 Å². The van der Waals surface area contributed by atoms with Crippen LogP contribution in [0.25, 0.3) is 0 Å². The Morgan fingerprint density at radius 1 is 1.17 bits per heavy atom. The average Bonchev–Trinajstić information content (AvgIpc) is 2.98. The van der Waals surface area contributed by atoms with Gasteiger partial charge < -0.3 is 15.5 Å². The fourth-order valence-corrected chi connectivity index (χ4v) is 4.27. The quantitative estimate of drug-likeness (QED) is 0.816. The number of hydrogen-bond donors (Lipinski definition) is 2. The van der Waals surface area contributed by atoms with Crippen molar-refractivity contribution in [2.24, 2.45) is 11.8 Å². The van der Waals surface area contributed by atoms with Crippen LogP contribution in [0, 0.1) is 18.8 Å². The maximum atomic E-state index is 5.44. The number of aryl methyl sites for hydroxylation is 1. The number of piperidine rings is 1. The van der Waals surface area contributed by atoms with Gasteiger partial charge in [0.1, 0.15) is 5.82 Å². The zero-order valence-electron chi connectivity index (χ0n) is 15.0. The van der Waals surface area contributed by atoms with Crippen molar-refractivity contribution < 1.29 is 0 Å². The summed E-state index contributed by atoms with van der Waals surface area (Å²) in [6.07, 6.45) is 6.27. The predicted molar refractivity (Wildman–Crippen MR) is 104 cm³/mol. The first-order valence-corrected chi connectivity index (χ1v) is 9.58. The van der Waals surface area contributed by atoms with Crippen molar-refractivity contribution in [2.75, 3.05) is 23.3 Å². The first kappa shape index (κ1) is 17.4. The molecule has 5 nitrogen and oxygen atoms in total. The normalized spacial score (nSPS) is 24.9. The third kappa shape index (κ3) is 4.56. The molecule has 1 saturated carbocycles. The highest BCUT2D eigenvalue weighted by Crippen LogP contribution is 2.26. The Morgan fingerprint density at radius 3 is 2.50 bits per heavy atom. The van der Waals surface area contributed by atoms with E-state index >= 15 is 0 Å². The number of nitrogens with zero attached hydrogens (tertiary/aromatic N) is 3. The molecule has 24 heavy (non-hydrogen) atoms. The maximum absolute atomic E-state index is 5.44. The van der Waals surface area contributed by atoms with Crippen molar-refractivity contribution in [3.05, 3.63) is 11.8 Å². The Kier molecular flexibility index (Phi) is 5.54. The van der Waals surface area contributed by atoms with Gasteiger partial charge in [-0.25, -0.2) is 4.98 Å². The molecule has 1 aliphatic heterocycles. The highest BCUT2D eigenvalue weighted by Gasteiger charge is 2.23. The lowest BCUT2D eigenvalue weighted by molar-refractivity contribution is 0.355. The molecule has 0 unspecified atom stereocenters. The third-order valence-corrected chi connectivity index (χ3v) is 5.17. The second kappa shape index (κ2) is 7.64. The molecule has 132 valence electrons. The van der Waals surface area contributed by atoms with Crippen molar-refractivity contribution in [3.63, 3.8) is 0 Å². The topological polar surface area (TPSA) is 53.1 Å². The van der Waals surface area contributed by atoms with Crippen LogP contribution in [0.2, 0.25) is 0 Å². The number of anilines is 2. The fraction of sp³-hybridized carbons (Fsp3) is 0.722. The van der Waals surface area contributed by atoms with Gasteiger partial charge in [0.05, 0.1) is 0 Å². The van der Waals surface area contributed by atoms with Gasteiger partial charge in [-0.1, -0.05) is 26.7 Å². The summed E-state index contributed by atoms with van der Waals surface area (Å²) in [5.74, 6) is 3.01. The number of aromatic nitrogens is 2. The summed E-state index contributed by atoms with van der Waals surface area (Å²) >= 11 is 5.44. The van der Waals surface area contributed by atoms with Crippen molar-refractivity contribution in [1.82, 2.24) is 15.3 Å². The first-order valence-electron chi connectivity index (χ1n) is 9.17. The van der Waals surface area contributed by atoms with E-state index in [0.717, 1.165) is 24.6 Å². The lowest BCUT2D eigenvalue weighted by atomic mass is 9.92. The number of nitrogens with one attached hydrogen (secondary N) is 2. The van der Waals surface area contributed by atoms with Crippen LogP contribution in [0.15, 0.2) is 6.07 Å². The van der Waals surface area contributed by atoms with E-state index in [1.54, 1.807) is 0 Å². The van der Waals surface area contributed by atoms with Gasteiger partial charge in [0.15, 0.2) is 5.11 Å². The van der Waals surface area contributed by atoms with E-state index in [0.29, 0.717) is 28.9 Å². The summed E-state index contributed by atoms with van der Waals surface area (Å²) in [6, 6.07) is 2.57. The molecular weight excluding hydrogens is 318 g/mol. The van der Waals surface area contributed by atoms with E-state index in [1.807, 2.05) is 6.92 Å². The Bertz CT molecular complexity index is 575. The van der Waals surface area contributed by atoms with E-state index in [4.69, 9.17) is 17.2 Å². The Hall–Kier alpha value is -1.43. The molecule has 0 spiro atoms. The minimum Gasteiger partial charge on any atom is -0.360 e. The van der Waals surface area contributed by atoms with Gasteiger partial charge in [-0.2, -0.15) is 4.98 Å². The molecule has 2 fully saturated rings. The van der Waals surface area contributed by atoms with Gasteiger partial charge in [-0.15, -0.1) is 0 Å². The molecule has 3 rings (SSSR count). The van der Waals surface area contributed by atoms with Crippen LogP contribution in [0.3, 0.4) is 0 Å². The van der Waals surface area contributed by atoms with Crippen molar-refractivity contribution in [3.8, 4) is 0 Å². The Balaban J connectivity index is 1.67. The molecule has 1 saturated heterocycles. The molecule has 0 radical (unpaired) electrons. The van der Waals surface area contributed by atoms with E-state index in [1.165, 1.54) is 32.1 Å². The summed E-state index contributed by atoms with van der Waals surface area (Å²) in [6.45, 7) is 8.77. The summed E-state index contributed by atoms with van der Waals surface area (Å²) in [7, 11) is 0. The zero-order valence-corrected chi connectivity index (χ0v) is 15.8. The van der Waals surface area contributed by atoms with Gasteiger partial charge >= 0.3 is 0 Å². The molecular formula is C18H29N5S. The largest absolute Gasteiger partial charge is 0.360 e. The standard InChI is InChI=1S/C18H29N5S/c1-12-8-13(2)11-23(10-12)16-9-14(3)19-17(21-16)22-18(24)20-15-6-4-5-7-15/h9,12-13,15H,4-8,10-11H2,1-3H3,(H2,19,20,21,22,24)/t12-,13-/m1/s1. The van der Waals surface area contributed by atoms with Crippen LogP contribution in [0.5, 0.6) is 0 Å². The molecule has 0 amide bonds. The van der Waals surface area contributed by atoms with Crippen molar-refractivity contribution in [1.29, 1.82) is 0 Å². The second-order valence-electron chi connectivity index (χ2n) is 7.62. The predicted octanol–water partition coefficient (Wildman–Crippen LogP) is 3.50. The molecule has 0 bridgehead atoms. The van der Waals surface area contributed by atoms with Crippen LogP contribution >= 0.6 is 12.2 Å². The Morgan fingerprint density at radius 2 is 1.83 bits per heavy atom. The van der Waals surface area contributed by atoms with Gasteiger partial charge in [0.2, 0.25) is 5.95 Å². The molecule has 1 aromatic heterocycles.